The Labute approximate surface area is 166 Å². The lowest BCUT2D eigenvalue weighted by Crippen LogP contribution is -2.56. The Balaban J connectivity index is 2.11. The summed E-state index contributed by atoms with van der Waals surface area (Å²) in [7, 11) is 0. The third-order valence-electron chi connectivity index (χ3n) is 5.24. The van der Waals surface area contributed by atoms with Crippen molar-refractivity contribution in [1.29, 1.82) is 0 Å². The average Bonchev–Trinajstić information content (AvgIpc) is 2.70. The molecular weight excluding hydrogens is 358 g/mol. The highest BCUT2D eigenvalue weighted by molar-refractivity contribution is 5.89. The Kier molecular flexibility index (Phi) is 7.43. The zero-order valence-electron chi connectivity index (χ0n) is 16.9. The minimum absolute atomic E-state index is 0.172. The van der Waals surface area contributed by atoms with Crippen molar-refractivity contribution in [2.75, 3.05) is 19.6 Å². The molecule has 1 aliphatic heterocycles. The zero-order valence-corrected chi connectivity index (χ0v) is 16.9. The number of benzene rings is 1. The topological polar surface area (TPSA) is 98.7 Å². The third kappa shape index (κ3) is 5.03. The lowest BCUT2D eigenvalue weighted by molar-refractivity contribution is -0.149. The molecule has 1 heterocycles. The van der Waals surface area contributed by atoms with Gasteiger partial charge in [-0.25, -0.2) is 9.59 Å². The van der Waals surface area contributed by atoms with Gasteiger partial charge in [-0.1, -0.05) is 51.1 Å². The van der Waals surface area contributed by atoms with Crippen LogP contribution in [0.1, 0.15) is 45.6 Å². The molecule has 0 aromatic heterocycles. The van der Waals surface area contributed by atoms with Gasteiger partial charge in [0.05, 0.1) is 5.92 Å². The molecule has 1 aromatic carbocycles. The number of urea groups is 1. The quantitative estimate of drug-likeness (QED) is 0.667. The van der Waals surface area contributed by atoms with E-state index in [1.807, 2.05) is 19.9 Å². The van der Waals surface area contributed by atoms with E-state index in [9.17, 15) is 19.5 Å². The van der Waals surface area contributed by atoms with Crippen LogP contribution in [-0.2, 0) is 15.1 Å². The van der Waals surface area contributed by atoms with Crippen LogP contribution < -0.4 is 10.6 Å². The largest absolute Gasteiger partial charge is 0.479 e. The molecule has 0 saturated carbocycles. The fourth-order valence-corrected chi connectivity index (χ4v) is 3.51. The summed E-state index contributed by atoms with van der Waals surface area (Å²) in [6.45, 7) is 7.26. The Bertz CT molecular complexity index is 692. The number of hydrogen-bond acceptors (Lipinski definition) is 3. The van der Waals surface area contributed by atoms with E-state index >= 15 is 0 Å². The van der Waals surface area contributed by atoms with Gasteiger partial charge in [0.25, 0.3) is 0 Å². The molecule has 3 amide bonds. The predicted octanol–water partition coefficient (Wildman–Crippen LogP) is 2.57. The minimum Gasteiger partial charge on any atom is -0.479 e. The normalized spacial score (nSPS) is 19.0. The molecular formula is C21H31N3O4. The number of nitrogens with zero attached hydrogens (tertiary/aromatic N) is 1. The fourth-order valence-electron chi connectivity index (χ4n) is 3.51. The number of likely N-dealkylation sites (tertiary alicyclic amines) is 1. The van der Waals surface area contributed by atoms with Gasteiger partial charge in [-0.3, -0.25) is 4.79 Å². The van der Waals surface area contributed by atoms with E-state index in [4.69, 9.17) is 0 Å². The lowest BCUT2D eigenvalue weighted by Gasteiger charge is -2.35. The molecule has 2 atom stereocenters. The Hall–Kier alpha value is -2.57. The third-order valence-corrected chi connectivity index (χ3v) is 5.24. The summed E-state index contributed by atoms with van der Waals surface area (Å²) >= 11 is 0. The number of amides is 3. The van der Waals surface area contributed by atoms with Crippen LogP contribution in [0.5, 0.6) is 0 Å². The van der Waals surface area contributed by atoms with E-state index in [1.165, 1.54) is 0 Å². The van der Waals surface area contributed by atoms with Gasteiger partial charge in [0, 0.05) is 19.6 Å². The number of carboxylic acid groups (broad SMARTS) is 1. The maximum atomic E-state index is 13.0. The molecule has 154 valence electrons. The molecule has 0 bridgehead atoms. The molecule has 3 N–H and O–H groups in total. The second-order valence-corrected chi connectivity index (χ2v) is 7.78. The van der Waals surface area contributed by atoms with E-state index in [-0.39, 0.29) is 18.4 Å². The first-order chi connectivity index (χ1) is 13.3. The summed E-state index contributed by atoms with van der Waals surface area (Å²) in [6.07, 6.45) is 1.57. The molecule has 2 rings (SSSR count). The number of piperidine rings is 1. The second kappa shape index (κ2) is 9.57. The van der Waals surface area contributed by atoms with Gasteiger partial charge in [0.1, 0.15) is 0 Å². The van der Waals surface area contributed by atoms with Gasteiger partial charge >= 0.3 is 12.0 Å². The van der Waals surface area contributed by atoms with E-state index in [0.29, 0.717) is 44.0 Å². The average molecular weight is 389 g/mol. The van der Waals surface area contributed by atoms with E-state index in [1.54, 1.807) is 36.1 Å². The SMILES string of the molecule is CCC(NC(=O)C1CCCN(C(=O)NCC(C)C)C1)(C(=O)O)c1ccccc1. The van der Waals surface area contributed by atoms with E-state index in [0.717, 1.165) is 0 Å². The highest BCUT2D eigenvalue weighted by Crippen LogP contribution is 2.27. The number of nitrogens with one attached hydrogen (secondary N) is 2. The molecule has 0 aliphatic carbocycles. The predicted molar refractivity (Wildman–Crippen MR) is 107 cm³/mol. The summed E-state index contributed by atoms with van der Waals surface area (Å²) < 4.78 is 0. The Morgan fingerprint density at radius 1 is 1.25 bits per heavy atom. The number of carbonyl (C=O) groups excluding carboxylic acids is 2. The maximum Gasteiger partial charge on any atom is 0.334 e. The minimum atomic E-state index is -1.47. The summed E-state index contributed by atoms with van der Waals surface area (Å²) in [5.74, 6) is -1.49. The first-order valence-electron chi connectivity index (χ1n) is 9.94. The number of rotatable bonds is 7. The number of hydrogen-bond donors (Lipinski definition) is 3. The van der Waals surface area contributed by atoms with Crippen LogP contribution in [-0.4, -0.2) is 47.5 Å². The number of carbonyl (C=O) groups is 3. The standard InChI is InChI=1S/C21H31N3O4/c1-4-21(19(26)27,17-10-6-5-7-11-17)23-18(25)16-9-8-12-24(14-16)20(28)22-13-15(2)3/h5-7,10-11,15-16H,4,8-9,12-14H2,1-3H3,(H,22,28)(H,23,25)(H,26,27). The second-order valence-electron chi connectivity index (χ2n) is 7.78. The fraction of sp³-hybridized carbons (Fsp3) is 0.571. The van der Waals surface area contributed by atoms with Crippen LogP contribution in [0, 0.1) is 11.8 Å². The summed E-state index contributed by atoms with van der Waals surface area (Å²) in [5.41, 5.74) is -0.929. The molecule has 0 spiro atoms. The first-order valence-corrected chi connectivity index (χ1v) is 9.94. The van der Waals surface area contributed by atoms with Crippen LogP contribution in [0.15, 0.2) is 30.3 Å². The van der Waals surface area contributed by atoms with Crippen molar-refractivity contribution >= 4 is 17.9 Å². The van der Waals surface area contributed by atoms with Gasteiger partial charge in [0.2, 0.25) is 5.91 Å². The Morgan fingerprint density at radius 2 is 1.93 bits per heavy atom. The molecule has 2 unspecified atom stereocenters. The van der Waals surface area contributed by atoms with Crippen molar-refractivity contribution in [1.82, 2.24) is 15.5 Å². The summed E-state index contributed by atoms with van der Waals surface area (Å²) in [6, 6.07) is 8.58. The number of carboxylic acids is 1. The Morgan fingerprint density at radius 3 is 2.50 bits per heavy atom. The van der Waals surface area contributed by atoms with Crippen molar-refractivity contribution in [3.63, 3.8) is 0 Å². The molecule has 1 aromatic rings. The number of aliphatic carboxylic acids is 1. The highest BCUT2D eigenvalue weighted by Gasteiger charge is 2.42. The van der Waals surface area contributed by atoms with Gasteiger partial charge in [-0.05, 0) is 30.7 Å². The molecule has 7 nitrogen and oxygen atoms in total. The van der Waals surface area contributed by atoms with Crippen molar-refractivity contribution < 1.29 is 19.5 Å². The molecule has 7 heteroatoms. The smallest absolute Gasteiger partial charge is 0.334 e. The molecule has 1 saturated heterocycles. The zero-order chi connectivity index (χ0) is 20.7. The molecule has 28 heavy (non-hydrogen) atoms. The van der Waals surface area contributed by atoms with Crippen molar-refractivity contribution in [3.05, 3.63) is 35.9 Å². The van der Waals surface area contributed by atoms with Gasteiger partial charge in [-0.15, -0.1) is 0 Å². The monoisotopic (exact) mass is 389 g/mol. The highest BCUT2D eigenvalue weighted by atomic mass is 16.4. The maximum absolute atomic E-state index is 13.0. The van der Waals surface area contributed by atoms with E-state index < -0.39 is 17.4 Å². The van der Waals surface area contributed by atoms with Crippen LogP contribution >= 0.6 is 0 Å². The van der Waals surface area contributed by atoms with Crippen LogP contribution in [0.3, 0.4) is 0 Å². The van der Waals surface area contributed by atoms with Crippen LogP contribution in [0.4, 0.5) is 4.79 Å². The molecule has 0 radical (unpaired) electrons. The van der Waals surface area contributed by atoms with Crippen LogP contribution in [0.25, 0.3) is 0 Å². The van der Waals surface area contributed by atoms with Gasteiger partial charge in [0.15, 0.2) is 5.54 Å². The van der Waals surface area contributed by atoms with Crippen LogP contribution in [0.2, 0.25) is 0 Å². The van der Waals surface area contributed by atoms with Crippen molar-refractivity contribution in [3.8, 4) is 0 Å². The van der Waals surface area contributed by atoms with E-state index in [2.05, 4.69) is 10.6 Å². The first kappa shape index (κ1) is 21.7. The van der Waals surface area contributed by atoms with Crippen molar-refractivity contribution in [2.45, 2.75) is 45.6 Å². The summed E-state index contributed by atoms with van der Waals surface area (Å²) in [5, 5.41) is 15.6. The molecule has 1 aliphatic rings. The molecule has 1 fully saturated rings. The van der Waals surface area contributed by atoms with Crippen molar-refractivity contribution in [2.24, 2.45) is 11.8 Å². The lowest BCUT2D eigenvalue weighted by atomic mass is 9.85. The van der Waals surface area contributed by atoms with Gasteiger partial charge < -0.3 is 20.6 Å². The summed E-state index contributed by atoms with van der Waals surface area (Å²) in [4.78, 5) is 39.0. The van der Waals surface area contributed by atoms with Gasteiger partial charge in [-0.2, -0.15) is 0 Å².